The molecule has 0 spiro atoms. The molecule has 6 nitrogen and oxygen atoms in total. The number of allylic oxidation sites excluding steroid dienone is 8. The van der Waals surface area contributed by atoms with Crippen molar-refractivity contribution in [3.8, 4) is 0 Å². The zero-order valence-corrected chi connectivity index (χ0v) is 45.4. The van der Waals surface area contributed by atoms with E-state index in [1.807, 2.05) is 0 Å². The van der Waals surface area contributed by atoms with Crippen LogP contribution in [0.4, 0.5) is 0 Å². The Hall–Kier alpha value is -2.63. The van der Waals surface area contributed by atoms with E-state index < -0.39 is 6.10 Å². The van der Waals surface area contributed by atoms with Gasteiger partial charge in [-0.2, -0.15) is 0 Å². The Morgan fingerprint density at radius 1 is 0.294 bits per heavy atom. The molecule has 0 aliphatic rings. The minimum Gasteiger partial charge on any atom is -0.462 e. The lowest BCUT2D eigenvalue weighted by Gasteiger charge is -2.18. The van der Waals surface area contributed by atoms with Gasteiger partial charge in [0, 0.05) is 19.3 Å². The van der Waals surface area contributed by atoms with Crippen molar-refractivity contribution >= 4 is 17.9 Å². The average Bonchev–Trinajstić information content (AvgIpc) is 3.34. The van der Waals surface area contributed by atoms with Crippen LogP contribution in [0.15, 0.2) is 48.6 Å². The SMILES string of the molecule is CCCCCC/C=C\C/C=C\CCCCCCCC(=O)OC(COC(=O)CCCCCCCCCCCCC)COC(=O)CCCCCCCCCCCCC/C=C\C/C=C\CCCCCCC. The van der Waals surface area contributed by atoms with E-state index in [9.17, 15) is 14.4 Å². The molecule has 0 aliphatic heterocycles. The maximum Gasteiger partial charge on any atom is 0.306 e. The smallest absolute Gasteiger partial charge is 0.306 e. The molecule has 0 rings (SSSR count). The number of ether oxygens (including phenoxy) is 3. The van der Waals surface area contributed by atoms with Gasteiger partial charge in [-0.25, -0.2) is 0 Å². The number of carbonyl (C=O) groups is 3. The van der Waals surface area contributed by atoms with Crippen LogP contribution in [-0.2, 0) is 28.6 Å². The molecule has 0 bridgehead atoms. The molecule has 0 amide bonds. The molecule has 68 heavy (non-hydrogen) atoms. The predicted octanol–water partition coefficient (Wildman–Crippen LogP) is 19.8. The Labute approximate surface area is 422 Å². The highest BCUT2D eigenvalue weighted by Gasteiger charge is 2.19. The molecule has 0 aromatic heterocycles. The van der Waals surface area contributed by atoms with Crippen LogP contribution in [0.5, 0.6) is 0 Å². The monoisotopic (exact) mass is 953 g/mol. The minimum atomic E-state index is -0.778. The van der Waals surface area contributed by atoms with Gasteiger partial charge >= 0.3 is 17.9 Å². The van der Waals surface area contributed by atoms with Crippen LogP contribution >= 0.6 is 0 Å². The van der Waals surface area contributed by atoms with Gasteiger partial charge in [-0.3, -0.25) is 14.4 Å². The van der Waals surface area contributed by atoms with Gasteiger partial charge in [0.2, 0.25) is 0 Å². The third-order valence-corrected chi connectivity index (χ3v) is 13.1. The summed E-state index contributed by atoms with van der Waals surface area (Å²) in [6.07, 6.45) is 69.6. The fourth-order valence-corrected chi connectivity index (χ4v) is 8.56. The molecule has 1 unspecified atom stereocenters. The van der Waals surface area contributed by atoms with E-state index in [0.717, 1.165) is 89.9 Å². The quantitative estimate of drug-likeness (QED) is 0.0262. The topological polar surface area (TPSA) is 78.9 Å². The van der Waals surface area contributed by atoms with Gasteiger partial charge in [0.15, 0.2) is 6.10 Å². The number of rotatable bonds is 54. The van der Waals surface area contributed by atoms with Crippen LogP contribution in [0, 0.1) is 0 Å². The molecular formula is C62H112O6. The Morgan fingerprint density at radius 3 is 0.824 bits per heavy atom. The Morgan fingerprint density at radius 2 is 0.529 bits per heavy atom. The lowest BCUT2D eigenvalue weighted by molar-refractivity contribution is -0.167. The molecule has 0 aromatic carbocycles. The maximum absolute atomic E-state index is 12.8. The highest BCUT2D eigenvalue weighted by molar-refractivity contribution is 5.71. The summed E-state index contributed by atoms with van der Waals surface area (Å²) in [6.45, 7) is 6.62. The second-order valence-corrected chi connectivity index (χ2v) is 19.9. The van der Waals surface area contributed by atoms with Crippen molar-refractivity contribution in [1.29, 1.82) is 0 Å². The second kappa shape index (κ2) is 57.0. The van der Waals surface area contributed by atoms with E-state index >= 15 is 0 Å². The maximum atomic E-state index is 12.8. The molecule has 0 aromatic rings. The summed E-state index contributed by atoms with van der Waals surface area (Å²) in [5, 5.41) is 0. The van der Waals surface area contributed by atoms with Crippen LogP contribution in [-0.4, -0.2) is 37.2 Å². The average molecular weight is 954 g/mol. The molecular weight excluding hydrogens is 841 g/mol. The highest BCUT2D eigenvalue weighted by Crippen LogP contribution is 2.16. The van der Waals surface area contributed by atoms with Gasteiger partial charge in [0.05, 0.1) is 0 Å². The molecule has 0 heterocycles. The summed E-state index contributed by atoms with van der Waals surface area (Å²) in [5.41, 5.74) is 0. The van der Waals surface area contributed by atoms with Crippen molar-refractivity contribution in [3.63, 3.8) is 0 Å². The molecule has 0 fully saturated rings. The predicted molar refractivity (Wildman–Crippen MR) is 293 cm³/mol. The first-order chi connectivity index (χ1) is 33.5. The lowest BCUT2D eigenvalue weighted by atomic mass is 10.0. The molecule has 6 heteroatoms. The summed E-state index contributed by atoms with van der Waals surface area (Å²) >= 11 is 0. The van der Waals surface area contributed by atoms with E-state index in [4.69, 9.17) is 14.2 Å². The van der Waals surface area contributed by atoms with Crippen molar-refractivity contribution in [2.45, 2.75) is 316 Å². The summed E-state index contributed by atoms with van der Waals surface area (Å²) in [5.74, 6) is -0.879. The molecule has 1 atom stereocenters. The van der Waals surface area contributed by atoms with Crippen molar-refractivity contribution in [3.05, 3.63) is 48.6 Å². The van der Waals surface area contributed by atoms with E-state index in [2.05, 4.69) is 69.4 Å². The largest absolute Gasteiger partial charge is 0.462 e. The van der Waals surface area contributed by atoms with Crippen molar-refractivity contribution < 1.29 is 28.6 Å². The van der Waals surface area contributed by atoms with Gasteiger partial charge in [-0.05, 0) is 83.5 Å². The molecule has 0 N–H and O–H groups in total. The van der Waals surface area contributed by atoms with Gasteiger partial charge in [0.1, 0.15) is 13.2 Å². The summed E-state index contributed by atoms with van der Waals surface area (Å²) in [7, 11) is 0. The molecule has 0 saturated heterocycles. The summed E-state index contributed by atoms with van der Waals surface area (Å²) in [4.78, 5) is 38.1. The van der Waals surface area contributed by atoms with Crippen LogP contribution in [0.1, 0.15) is 310 Å². The molecule has 396 valence electrons. The number of carbonyl (C=O) groups excluding carboxylic acids is 3. The van der Waals surface area contributed by atoms with Crippen LogP contribution in [0.2, 0.25) is 0 Å². The van der Waals surface area contributed by atoms with Crippen LogP contribution in [0.25, 0.3) is 0 Å². The zero-order chi connectivity index (χ0) is 49.3. The van der Waals surface area contributed by atoms with Gasteiger partial charge < -0.3 is 14.2 Å². The van der Waals surface area contributed by atoms with Crippen LogP contribution < -0.4 is 0 Å². The third-order valence-electron chi connectivity index (χ3n) is 13.1. The highest BCUT2D eigenvalue weighted by atomic mass is 16.6. The number of unbranched alkanes of at least 4 members (excludes halogenated alkanes) is 35. The first-order valence-electron chi connectivity index (χ1n) is 29.6. The Balaban J connectivity index is 4.28. The van der Waals surface area contributed by atoms with E-state index in [1.165, 1.54) is 180 Å². The summed E-state index contributed by atoms with van der Waals surface area (Å²) in [6, 6.07) is 0. The van der Waals surface area contributed by atoms with Crippen molar-refractivity contribution in [2.24, 2.45) is 0 Å². The Kier molecular flexibility index (Phi) is 54.8. The fraction of sp³-hybridized carbons (Fsp3) is 0.823. The van der Waals surface area contributed by atoms with Gasteiger partial charge in [0.25, 0.3) is 0 Å². The number of esters is 3. The van der Waals surface area contributed by atoms with Crippen molar-refractivity contribution in [1.82, 2.24) is 0 Å². The van der Waals surface area contributed by atoms with Crippen molar-refractivity contribution in [2.75, 3.05) is 13.2 Å². The fourth-order valence-electron chi connectivity index (χ4n) is 8.56. The third kappa shape index (κ3) is 54.3. The Bertz CT molecular complexity index is 1190. The minimum absolute atomic E-state index is 0.0764. The zero-order valence-electron chi connectivity index (χ0n) is 45.4. The molecule has 0 saturated carbocycles. The first kappa shape index (κ1) is 65.4. The molecule has 0 radical (unpaired) electrons. The lowest BCUT2D eigenvalue weighted by Crippen LogP contribution is -2.30. The normalized spacial score (nSPS) is 12.3. The summed E-state index contributed by atoms with van der Waals surface area (Å²) < 4.78 is 16.9. The number of hydrogen-bond donors (Lipinski definition) is 0. The van der Waals surface area contributed by atoms with Crippen LogP contribution in [0.3, 0.4) is 0 Å². The standard InChI is InChI=1S/C62H112O6/c1-4-7-10-13-16-19-22-24-26-28-29-30-31-32-33-34-36-37-40-43-46-49-52-55-61(64)67-58-59(57-66-60(63)54-51-48-45-42-39-21-18-15-12-9-6-3)68-62(65)56-53-50-47-44-41-38-35-27-25-23-20-17-14-11-8-5-2/h20,22-24,27-29,35,59H,4-19,21,25-26,30-34,36-58H2,1-3H3/b23-20-,24-22-,29-28-,35-27-. The first-order valence-corrected chi connectivity index (χ1v) is 29.6. The number of hydrogen-bond acceptors (Lipinski definition) is 6. The van der Waals surface area contributed by atoms with E-state index in [-0.39, 0.29) is 31.1 Å². The van der Waals surface area contributed by atoms with Gasteiger partial charge in [-0.15, -0.1) is 0 Å². The second-order valence-electron chi connectivity index (χ2n) is 19.9. The molecule has 0 aliphatic carbocycles. The van der Waals surface area contributed by atoms with E-state index in [1.54, 1.807) is 0 Å². The van der Waals surface area contributed by atoms with E-state index in [0.29, 0.717) is 19.3 Å². The van der Waals surface area contributed by atoms with Gasteiger partial charge in [-0.1, -0.05) is 256 Å².